The van der Waals surface area contributed by atoms with Gasteiger partial charge in [-0.2, -0.15) is 0 Å². The van der Waals surface area contributed by atoms with E-state index in [1.807, 2.05) is 6.92 Å². The van der Waals surface area contributed by atoms with Crippen molar-refractivity contribution in [2.24, 2.45) is 5.73 Å². The summed E-state index contributed by atoms with van der Waals surface area (Å²) in [7, 11) is 2.14. The Bertz CT molecular complexity index is 283. The first-order valence-corrected chi connectivity index (χ1v) is 6.40. The Hall–Kier alpha value is -0.450. The zero-order valence-corrected chi connectivity index (χ0v) is 10.7. The van der Waals surface area contributed by atoms with E-state index < -0.39 is 0 Å². The largest absolute Gasteiger partial charge is 0.322 e. The zero-order valence-electron chi connectivity index (χ0n) is 9.86. The molecule has 15 heavy (non-hydrogen) atoms. The number of hydrogen-bond donors (Lipinski definition) is 1. The van der Waals surface area contributed by atoms with Crippen LogP contribution in [0.1, 0.15) is 43.4 Å². The summed E-state index contributed by atoms with van der Waals surface area (Å²) in [6, 6.07) is 0.0599. The van der Waals surface area contributed by atoms with Gasteiger partial charge >= 0.3 is 0 Å². The van der Waals surface area contributed by atoms with Gasteiger partial charge in [0.05, 0.1) is 11.7 Å². The van der Waals surface area contributed by atoms with Crippen LogP contribution in [0.2, 0.25) is 0 Å². The van der Waals surface area contributed by atoms with E-state index in [-0.39, 0.29) is 6.04 Å². The maximum Gasteiger partial charge on any atom is 0.109 e. The Morgan fingerprint density at radius 2 is 2.33 bits per heavy atom. The monoisotopic (exact) mass is 227 g/mol. The van der Waals surface area contributed by atoms with Crippen LogP contribution in [0.3, 0.4) is 0 Å². The fourth-order valence-electron chi connectivity index (χ4n) is 1.39. The third-order valence-corrected chi connectivity index (χ3v) is 3.38. The number of nitrogens with two attached hydrogens (primary N) is 1. The molecule has 4 heteroatoms. The molecule has 0 aliphatic rings. The SMILES string of the molecule is CCCCN(C)Cc1csc(C(C)N)n1. The van der Waals surface area contributed by atoms with Gasteiger partial charge in [-0.25, -0.2) is 4.98 Å². The second-order valence-corrected chi connectivity index (χ2v) is 4.95. The third-order valence-electron chi connectivity index (χ3n) is 2.28. The van der Waals surface area contributed by atoms with Crippen molar-refractivity contribution in [1.29, 1.82) is 0 Å². The zero-order chi connectivity index (χ0) is 11.3. The first-order valence-electron chi connectivity index (χ1n) is 5.52. The van der Waals surface area contributed by atoms with Gasteiger partial charge in [-0.05, 0) is 26.9 Å². The van der Waals surface area contributed by atoms with Gasteiger partial charge in [0.1, 0.15) is 5.01 Å². The van der Waals surface area contributed by atoms with E-state index in [4.69, 9.17) is 5.73 Å². The van der Waals surface area contributed by atoms with E-state index >= 15 is 0 Å². The molecule has 1 aromatic rings. The van der Waals surface area contributed by atoms with Gasteiger partial charge < -0.3 is 10.6 Å². The Morgan fingerprint density at radius 1 is 1.60 bits per heavy atom. The minimum absolute atomic E-state index is 0.0599. The quantitative estimate of drug-likeness (QED) is 0.811. The molecular weight excluding hydrogens is 206 g/mol. The number of rotatable bonds is 6. The van der Waals surface area contributed by atoms with E-state index in [1.165, 1.54) is 12.8 Å². The summed E-state index contributed by atoms with van der Waals surface area (Å²) in [5, 5.41) is 3.15. The van der Waals surface area contributed by atoms with Crippen molar-refractivity contribution >= 4 is 11.3 Å². The van der Waals surface area contributed by atoms with Gasteiger partial charge in [-0.1, -0.05) is 13.3 Å². The van der Waals surface area contributed by atoms with Gasteiger partial charge in [0, 0.05) is 11.9 Å². The Labute approximate surface area is 96.3 Å². The average Bonchev–Trinajstić information content (AvgIpc) is 2.63. The minimum Gasteiger partial charge on any atom is -0.322 e. The first kappa shape index (κ1) is 12.6. The molecular formula is C11H21N3S. The van der Waals surface area contributed by atoms with Crippen molar-refractivity contribution in [3.63, 3.8) is 0 Å². The van der Waals surface area contributed by atoms with E-state index in [1.54, 1.807) is 11.3 Å². The van der Waals surface area contributed by atoms with E-state index in [2.05, 4.69) is 29.2 Å². The Balaban J connectivity index is 2.42. The first-order chi connectivity index (χ1) is 7.13. The highest BCUT2D eigenvalue weighted by Crippen LogP contribution is 2.16. The topological polar surface area (TPSA) is 42.1 Å². The summed E-state index contributed by atoms with van der Waals surface area (Å²) in [5.41, 5.74) is 6.92. The molecule has 1 unspecified atom stereocenters. The molecule has 0 radical (unpaired) electrons. The highest BCUT2D eigenvalue weighted by Gasteiger charge is 2.07. The van der Waals surface area contributed by atoms with Crippen LogP contribution in [0.25, 0.3) is 0 Å². The van der Waals surface area contributed by atoms with Gasteiger partial charge in [0.25, 0.3) is 0 Å². The number of aromatic nitrogens is 1. The van der Waals surface area contributed by atoms with Gasteiger partial charge in [0.15, 0.2) is 0 Å². The summed E-state index contributed by atoms with van der Waals surface area (Å²) in [6.45, 7) is 6.26. The average molecular weight is 227 g/mol. The molecule has 0 aliphatic carbocycles. The van der Waals surface area contributed by atoms with E-state index in [9.17, 15) is 0 Å². The molecule has 0 saturated carbocycles. The predicted molar refractivity (Wildman–Crippen MR) is 66.0 cm³/mol. The number of hydrogen-bond acceptors (Lipinski definition) is 4. The van der Waals surface area contributed by atoms with Crippen LogP contribution < -0.4 is 5.73 Å². The van der Waals surface area contributed by atoms with Crippen LogP contribution in [0.15, 0.2) is 5.38 Å². The highest BCUT2D eigenvalue weighted by molar-refractivity contribution is 7.09. The maximum atomic E-state index is 5.77. The predicted octanol–water partition coefficient (Wildman–Crippen LogP) is 2.39. The molecule has 0 amide bonds. The molecule has 1 heterocycles. The fraction of sp³-hybridized carbons (Fsp3) is 0.727. The second kappa shape index (κ2) is 6.20. The highest BCUT2D eigenvalue weighted by atomic mass is 32.1. The molecule has 1 atom stereocenters. The lowest BCUT2D eigenvalue weighted by atomic mass is 10.3. The second-order valence-electron chi connectivity index (χ2n) is 4.06. The number of thiazole rings is 1. The van der Waals surface area contributed by atoms with Crippen molar-refractivity contribution in [3.05, 3.63) is 16.1 Å². The Morgan fingerprint density at radius 3 is 2.87 bits per heavy atom. The lowest BCUT2D eigenvalue weighted by Crippen LogP contribution is -2.19. The smallest absolute Gasteiger partial charge is 0.109 e. The van der Waals surface area contributed by atoms with Crippen molar-refractivity contribution in [2.75, 3.05) is 13.6 Å². The number of nitrogens with zero attached hydrogens (tertiary/aromatic N) is 2. The molecule has 2 N–H and O–H groups in total. The fourth-order valence-corrected chi connectivity index (χ4v) is 2.16. The van der Waals surface area contributed by atoms with E-state index in [0.29, 0.717) is 0 Å². The van der Waals surface area contributed by atoms with Gasteiger partial charge in [-0.3, -0.25) is 0 Å². The molecule has 0 fully saturated rings. The molecule has 1 rings (SSSR count). The van der Waals surface area contributed by atoms with Crippen LogP contribution in [0, 0.1) is 0 Å². The summed E-state index contributed by atoms with van der Waals surface area (Å²) in [6.07, 6.45) is 2.49. The summed E-state index contributed by atoms with van der Waals surface area (Å²) >= 11 is 1.66. The van der Waals surface area contributed by atoms with E-state index in [0.717, 1.165) is 23.8 Å². The molecule has 0 spiro atoms. The summed E-state index contributed by atoms with van der Waals surface area (Å²) < 4.78 is 0. The molecule has 86 valence electrons. The summed E-state index contributed by atoms with van der Waals surface area (Å²) in [4.78, 5) is 6.82. The van der Waals surface area contributed by atoms with Crippen LogP contribution in [-0.2, 0) is 6.54 Å². The van der Waals surface area contributed by atoms with Crippen LogP contribution in [0.4, 0.5) is 0 Å². The Kier molecular flexibility index (Phi) is 5.22. The van der Waals surface area contributed by atoms with Gasteiger partial charge in [0.2, 0.25) is 0 Å². The van der Waals surface area contributed by atoms with Crippen LogP contribution in [0.5, 0.6) is 0 Å². The molecule has 0 saturated heterocycles. The van der Waals surface area contributed by atoms with Gasteiger partial charge in [-0.15, -0.1) is 11.3 Å². The maximum absolute atomic E-state index is 5.77. The van der Waals surface area contributed by atoms with Crippen molar-refractivity contribution in [1.82, 2.24) is 9.88 Å². The van der Waals surface area contributed by atoms with Crippen LogP contribution in [-0.4, -0.2) is 23.5 Å². The third kappa shape index (κ3) is 4.28. The van der Waals surface area contributed by atoms with Crippen molar-refractivity contribution in [2.45, 2.75) is 39.3 Å². The lowest BCUT2D eigenvalue weighted by Gasteiger charge is -2.14. The number of unbranched alkanes of at least 4 members (excludes halogenated alkanes) is 1. The lowest BCUT2D eigenvalue weighted by molar-refractivity contribution is 0.317. The molecule has 3 nitrogen and oxygen atoms in total. The normalized spacial score (nSPS) is 13.4. The molecule has 0 aliphatic heterocycles. The minimum atomic E-state index is 0.0599. The molecule has 1 aromatic heterocycles. The molecule has 0 aromatic carbocycles. The van der Waals surface area contributed by atoms with Crippen LogP contribution >= 0.6 is 11.3 Å². The summed E-state index contributed by atoms with van der Waals surface area (Å²) in [5.74, 6) is 0. The van der Waals surface area contributed by atoms with Crippen molar-refractivity contribution in [3.8, 4) is 0 Å². The molecule has 0 bridgehead atoms. The van der Waals surface area contributed by atoms with Crippen molar-refractivity contribution < 1.29 is 0 Å². The standard InChI is InChI=1S/C11H21N3S/c1-4-5-6-14(3)7-10-8-15-11(13-10)9(2)12/h8-9H,4-7,12H2,1-3H3.